The van der Waals surface area contributed by atoms with Gasteiger partial charge in [0.2, 0.25) is 0 Å². The molecule has 1 unspecified atom stereocenters. The van der Waals surface area contributed by atoms with Gasteiger partial charge in [-0.05, 0) is 57.2 Å². The van der Waals surface area contributed by atoms with Crippen LogP contribution in [0, 0.1) is 19.8 Å². The molecule has 0 spiro atoms. The second-order valence-electron chi connectivity index (χ2n) is 7.80. The van der Waals surface area contributed by atoms with Crippen LogP contribution in [-0.2, 0) is 6.42 Å². The number of benzene rings is 1. The van der Waals surface area contributed by atoms with Crippen molar-refractivity contribution in [2.45, 2.75) is 57.8 Å². The molecule has 152 valence electrons. The van der Waals surface area contributed by atoms with Crippen molar-refractivity contribution in [3.05, 3.63) is 51.2 Å². The van der Waals surface area contributed by atoms with E-state index in [0.717, 1.165) is 42.6 Å². The van der Waals surface area contributed by atoms with Crippen molar-refractivity contribution in [1.29, 1.82) is 0 Å². The number of carbonyl (C=O) groups is 1. The minimum Gasteiger partial charge on any atom is -0.487 e. The maximum absolute atomic E-state index is 12.7. The maximum atomic E-state index is 12.7. The molecule has 0 bridgehead atoms. The maximum Gasteiger partial charge on any atom is 0.168 e. The Morgan fingerprint density at radius 3 is 2.79 bits per heavy atom. The Morgan fingerprint density at radius 1 is 1.21 bits per heavy atom. The number of halogens is 1. The largest absolute Gasteiger partial charge is 0.487 e. The minimum absolute atomic E-state index is 0. The molecule has 4 nitrogen and oxygen atoms in total. The third kappa shape index (κ3) is 4.28. The van der Waals surface area contributed by atoms with Gasteiger partial charge in [-0.1, -0.05) is 18.2 Å². The van der Waals surface area contributed by atoms with Crippen LogP contribution in [0.3, 0.4) is 0 Å². The van der Waals surface area contributed by atoms with Gasteiger partial charge in [0.05, 0.1) is 0 Å². The van der Waals surface area contributed by atoms with Crippen molar-refractivity contribution in [2.24, 2.45) is 5.92 Å². The summed E-state index contributed by atoms with van der Waals surface area (Å²) in [6.07, 6.45) is 2.81. The monoisotopic (exact) mass is 421 g/mol. The highest BCUT2D eigenvalue weighted by Gasteiger charge is 2.37. The Balaban J connectivity index is 0.00000225. The molecular weight excluding hydrogens is 394 g/mol. The lowest BCUT2D eigenvalue weighted by molar-refractivity contribution is 0.0438. The van der Waals surface area contributed by atoms with Gasteiger partial charge in [-0.2, -0.15) is 0 Å². The van der Waals surface area contributed by atoms with Crippen molar-refractivity contribution in [3.8, 4) is 5.75 Å². The lowest BCUT2D eigenvalue weighted by atomic mass is 9.87. The van der Waals surface area contributed by atoms with E-state index in [0.29, 0.717) is 6.54 Å². The number of fused-ring (bicyclic) bond motifs is 1. The van der Waals surface area contributed by atoms with E-state index in [9.17, 15) is 9.90 Å². The third-order valence-electron chi connectivity index (χ3n) is 5.84. The molecular formula is C22H28ClNO3S. The van der Waals surface area contributed by atoms with E-state index in [2.05, 4.69) is 12.2 Å². The number of para-hydroxylation sites is 1. The topological polar surface area (TPSA) is 58.6 Å². The number of Topliss-reactive ketones (excluding diaryl/α,β-unsaturated/α-hetero) is 1. The molecule has 4 atom stereocenters. The first kappa shape index (κ1) is 21.3. The fraction of sp³-hybridized carbons (Fsp3) is 0.500. The van der Waals surface area contributed by atoms with Gasteiger partial charge in [-0.25, -0.2) is 0 Å². The van der Waals surface area contributed by atoms with Gasteiger partial charge in [0, 0.05) is 33.8 Å². The van der Waals surface area contributed by atoms with Crippen molar-refractivity contribution in [1.82, 2.24) is 5.32 Å². The van der Waals surface area contributed by atoms with E-state index < -0.39 is 6.10 Å². The summed E-state index contributed by atoms with van der Waals surface area (Å²) in [6, 6.07) is 9.92. The van der Waals surface area contributed by atoms with Gasteiger partial charge < -0.3 is 15.2 Å². The predicted octanol–water partition coefficient (Wildman–Crippen LogP) is 4.09. The molecule has 0 amide bonds. The number of carbonyl (C=O) groups excluding carboxylic acids is 1. The quantitative estimate of drug-likeness (QED) is 0.763. The highest BCUT2D eigenvalue weighted by atomic mass is 35.5. The van der Waals surface area contributed by atoms with Crippen LogP contribution in [0.5, 0.6) is 5.75 Å². The second kappa shape index (κ2) is 8.95. The van der Waals surface area contributed by atoms with Gasteiger partial charge in [-0.15, -0.1) is 23.7 Å². The summed E-state index contributed by atoms with van der Waals surface area (Å²) in [7, 11) is 0. The number of ether oxygens (including phenoxy) is 1. The summed E-state index contributed by atoms with van der Waals surface area (Å²) in [5, 5.41) is 14.1. The molecule has 28 heavy (non-hydrogen) atoms. The Kier molecular flexibility index (Phi) is 6.81. The molecule has 2 N–H and O–H groups in total. The Morgan fingerprint density at radius 2 is 2.00 bits per heavy atom. The number of thiophene rings is 1. The zero-order valence-electron chi connectivity index (χ0n) is 16.3. The van der Waals surface area contributed by atoms with Crippen LogP contribution in [-0.4, -0.2) is 35.7 Å². The highest BCUT2D eigenvalue weighted by Crippen LogP contribution is 2.32. The SMILES string of the molecule is Cc1cc2c(s1)CCC(CN[C@@H]1CC[C@@H](Oc3ccccc3C)[C@@H]1O)C2=O.Cl. The average Bonchev–Trinajstić information content (AvgIpc) is 3.20. The number of hydrogen-bond acceptors (Lipinski definition) is 5. The lowest BCUT2D eigenvalue weighted by Crippen LogP contribution is -2.44. The lowest BCUT2D eigenvalue weighted by Gasteiger charge is -2.26. The third-order valence-corrected chi connectivity index (χ3v) is 6.95. The zero-order chi connectivity index (χ0) is 19.0. The van der Waals surface area contributed by atoms with E-state index in [4.69, 9.17) is 4.74 Å². The number of aliphatic hydroxyl groups is 1. The van der Waals surface area contributed by atoms with Crippen LogP contribution in [0.15, 0.2) is 30.3 Å². The van der Waals surface area contributed by atoms with E-state index in [1.165, 1.54) is 9.75 Å². The van der Waals surface area contributed by atoms with Gasteiger partial charge >= 0.3 is 0 Å². The Bertz CT molecular complexity index is 837. The summed E-state index contributed by atoms with van der Waals surface area (Å²) in [5.41, 5.74) is 2.00. The standard InChI is InChI=1S/C22H27NO3S.ClH/c1-13-5-3-4-6-18(13)26-19-9-8-17(22(19)25)23-12-15-7-10-20-16(21(15)24)11-14(2)27-20;/h3-6,11,15,17,19,22-23,25H,7-10,12H2,1-2H3;1H/t15?,17-,19-,22-;/m1./s1. The fourth-order valence-corrected chi connectivity index (χ4v) is 5.30. The van der Waals surface area contributed by atoms with E-state index in [1.807, 2.05) is 37.3 Å². The molecule has 6 heteroatoms. The van der Waals surface area contributed by atoms with Gasteiger partial charge in [0.25, 0.3) is 0 Å². The molecule has 1 saturated carbocycles. The molecule has 4 rings (SSSR count). The molecule has 1 aromatic heterocycles. The number of aliphatic hydroxyl groups excluding tert-OH is 1. The Labute approximate surface area is 176 Å². The molecule has 1 heterocycles. The summed E-state index contributed by atoms with van der Waals surface area (Å²) < 4.78 is 6.06. The van der Waals surface area contributed by atoms with Crippen LogP contribution in [0.2, 0.25) is 0 Å². The zero-order valence-corrected chi connectivity index (χ0v) is 17.9. The van der Waals surface area contributed by atoms with Gasteiger partial charge in [-0.3, -0.25) is 4.79 Å². The molecule has 2 aliphatic carbocycles. The molecule has 1 fully saturated rings. The highest BCUT2D eigenvalue weighted by molar-refractivity contribution is 7.12. The first-order valence-corrected chi connectivity index (χ1v) is 10.6. The number of rotatable bonds is 5. The molecule has 2 aromatic rings. The van der Waals surface area contributed by atoms with Crippen LogP contribution >= 0.6 is 23.7 Å². The van der Waals surface area contributed by atoms with Gasteiger partial charge in [0.15, 0.2) is 5.78 Å². The first-order valence-electron chi connectivity index (χ1n) is 9.80. The van der Waals surface area contributed by atoms with Crippen LogP contribution in [0.1, 0.15) is 44.9 Å². The number of aryl methyl sites for hydroxylation is 3. The molecule has 2 aliphatic rings. The molecule has 0 saturated heterocycles. The summed E-state index contributed by atoms with van der Waals surface area (Å²) in [4.78, 5) is 15.2. The summed E-state index contributed by atoms with van der Waals surface area (Å²) >= 11 is 1.74. The first-order chi connectivity index (χ1) is 13.0. The normalized spacial score (nSPS) is 26.6. The van der Waals surface area contributed by atoms with Crippen LogP contribution in [0.25, 0.3) is 0 Å². The molecule has 0 radical (unpaired) electrons. The van der Waals surface area contributed by atoms with Crippen molar-refractivity contribution in [2.75, 3.05) is 6.54 Å². The minimum atomic E-state index is -0.553. The number of ketones is 1. The Hall–Kier alpha value is -1.40. The van der Waals surface area contributed by atoms with Gasteiger partial charge in [0.1, 0.15) is 18.0 Å². The molecule has 1 aromatic carbocycles. The summed E-state index contributed by atoms with van der Waals surface area (Å²) in [6.45, 7) is 4.71. The average molecular weight is 422 g/mol. The number of hydrogen-bond donors (Lipinski definition) is 2. The van der Waals surface area contributed by atoms with Crippen molar-refractivity contribution >= 4 is 29.5 Å². The predicted molar refractivity (Wildman–Crippen MR) is 115 cm³/mol. The number of nitrogens with one attached hydrogen (secondary N) is 1. The van der Waals surface area contributed by atoms with Crippen molar-refractivity contribution < 1.29 is 14.6 Å². The van der Waals surface area contributed by atoms with Crippen LogP contribution in [0.4, 0.5) is 0 Å². The molecule has 0 aliphatic heterocycles. The van der Waals surface area contributed by atoms with E-state index in [1.54, 1.807) is 11.3 Å². The smallest absolute Gasteiger partial charge is 0.168 e. The van der Waals surface area contributed by atoms with E-state index in [-0.39, 0.29) is 36.3 Å². The summed E-state index contributed by atoms with van der Waals surface area (Å²) in [5.74, 6) is 1.10. The van der Waals surface area contributed by atoms with Crippen molar-refractivity contribution in [3.63, 3.8) is 0 Å². The fourth-order valence-electron chi connectivity index (χ4n) is 4.25. The van der Waals surface area contributed by atoms with Crippen LogP contribution < -0.4 is 10.1 Å². The van der Waals surface area contributed by atoms with E-state index >= 15 is 0 Å². The second-order valence-corrected chi connectivity index (χ2v) is 9.14.